The fraction of sp³-hybridized carbons (Fsp3) is 0.588. The van der Waals surface area contributed by atoms with Gasteiger partial charge in [0.1, 0.15) is 0 Å². The summed E-state index contributed by atoms with van der Waals surface area (Å²) in [5, 5.41) is 2.69. The number of rotatable bonds is 6. The van der Waals surface area contributed by atoms with Crippen molar-refractivity contribution in [3.05, 3.63) is 24.3 Å². The number of alkyl halides is 3. The third kappa shape index (κ3) is 6.81. The number of benzene rings is 1. The summed E-state index contributed by atoms with van der Waals surface area (Å²) in [6.07, 6.45) is -3.70. The molecule has 8 heteroatoms. The van der Waals surface area contributed by atoms with Crippen molar-refractivity contribution in [2.45, 2.75) is 26.6 Å². The minimum Gasteiger partial charge on any atom is -0.404 e. The molecule has 1 aliphatic heterocycles. The van der Waals surface area contributed by atoms with Crippen LogP contribution in [0.25, 0.3) is 0 Å². The van der Waals surface area contributed by atoms with Gasteiger partial charge >= 0.3 is 6.36 Å². The largest absolute Gasteiger partial charge is 0.573 e. The van der Waals surface area contributed by atoms with Crippen LogP contribution in [0.2, 0.25) is 0 Å². The van der Waals surface area contributed by atoms with Gasteiger partial charge in [0.2, 0.25) is 0 Å². The lowest BCUT2D eigenvalue weighted by molar-refractivity contribution is -0.274. The zero-order valence-electron chi connectivity index (χ0n) is 14.5. The van der Waals surface area contributed by atoms with E-state index in [1.807, 2.05) is 0 Å². The Bertz CT molecular complexity index is 590. The van der Waals surface area contributed by atoms with Gasteiger partial charge in [-0.15, -0.1) is 13.2 Å². The lowest BCUT2D eigenvalue weighted by atomic mass is 10.1. The Balaban J connectivity index is 1.90. The zero-order valence-corrected chi connectivity index (χ0v) is 14.5. The van der Waals surface area contributed by atoms with Crippen molar-refractivity contribution in [3.8, 4) is 5.75 Å². The molecule has 1 atom stereocenters. The second-order valence-electron chi connectivity index (χ2n) is 6.70. The van der Waals surface area contributed by atoms with Gasteiger partial charge in [-0.1, -0.05) is 26.0 Å². The van der Waals surface area contributed by atoms with Gasteiger partial charge in [0.25, 0.3) is 0 Å². The molecule has 0 radical (unpaired) electrons. The van der Waals surface area contributed by atoms with Gasteiger partial charge in [-0.25, -0.2) is 0 Å². The molecule has 0 spiro atoms. The smallest absolute Gasteiger partial charge is 0.404 e. The van der Waals surface area contributed by atoms with E-state index >= 15 is 0 Å². The minimum atomic E-state index is -4.76. The average Bonchev–Trinajstić information content (AvgIpc) is 2.92. The molecule has 5 nitrogen and oxygen atoms in total. The first-order valence-electron chi connectivity index (χ1n) is 8.37. The highest BCUT2D eigenvalue weighted by Gasteiger charge is 2.32. The van der Waals surface area contributed by atoms with E-state index in [9.17, 15) is 13.2 Å². The van der Waals surface area contributed by atoms with Gasteiger partial charge in [0.15, 0.2) is 11.7 Å². The summed E-state index contributed by atoms with van der Waals surface area (Å²) in [4.78, 5) is 6.68. The Kier molecular flexibility index (Phi) is 6.52. The van der Waals surface area contributed by atoms with E-state index in [1.165, 1.54) is 18.2 Å². The van der Waals surface area contributed by atoms with Gasteiger partial charge in [-0.2, -0.15) is 0 Å². The molecule has 1 aliphatic rings. The number of aliphatic imine (C=N–C) groups is 1. The predicted molar refractivity (Wildman–Crippen MR) is 92.6 cm³/mol. The molecule has 2 rings (SSSR count). The molecule has 0 aromatic heterocycles. The number of para-hydroxylation sites is 2. The predicted octanol–water partition coefficient (Wildman–Crippen LogP) is 3.29. The fourth-order valence-corrected chi connectivity index (χ4v) is 2.93. The number of ether oxygens (including phenoxy) is 1. The standard InChI is InChI=1S/C17H25F3N4O/c1-12(2)10-24-8-7-13(11-24)9-22-16(21)23-14-5-3-4-6-15(14)25-17(18,19)20/h3-6,12-13H,7-11H2,1-2H3,(H3,21,22,23). The summed E-state index contributed by atoms with van der Waals surface area (Å²) in [6.45, 7) is 8.02. The Labute approximate surface area is 146 Å². The van der Waals surface area contributed by atoms with E-state index in [2.05, 4.69) is 33.8 Å². The fourth-order valence-electron chi connectivity index (χ4n) is 2.93. The molecular formula is C17H25F3N4O. The molecule has 1 fully saturated rings. The molecule has 0 amide bonds. The molecule has 25 heavy (non-hydrogen) atoms. The van der Waals surface area contributed by atoms with E-state index in [0.29, 0.717) is 18.4 Å². The molecule has 1 heterocycles. The molecule has 0 bridgehead atoms. The molecule has 0 saturated carbocycles. The monoisotopic (exact) mass is 358 g/mol. The van der Waals surface area contributed by atoms with Gasteiger partial charge in [-0.05, 0) is 36.9 Å². The number of hydrogen-bond donors (Lipinski definition) is 2. The average molecular weight is 358 g/mol. The van der Waals surface area contributed by atoms with E-state index < -0.39 is 6.36 Å². The van der Waals surface area contributed by atoms with Crippen LogP contribution < -0.4 is 15.8 Å². The molecule has 3 N–H and O–H groups in total. The van der Waals surface area contributed by atoms with Crippen LogP contribution in [0.1, 0.15) is 20.3 Å². The highest BCUT2D eigenvalue weighted by molar-refractivity contribution is 5.93. The van der Waals surface area contributed by atoms with E-state index in [-0.39, 0.29) is 17.4 Å². The van der Waals surface area contributed by atoms with Crippen LogP contribution in [-0.2, 0) is 0 Å². The van der Waals surface area contributed by atoms with Crippen LogP contribution in [-0.4, -0.2) is 43.4 Å². The first kappa shape index (κ1) is 19.4. The molecule has 1 aromatic carbocycles. The summed E-state index contributed by atoms with van der Waals surface area (Å²) >= 11 is 0. The van der Waals surface area contributed by atoms with Crippen LogP contribution in [0.4, 0.5) is 18.9 Å². The third-order valence-corrected chi connectivity index (χ3v) is 3.89. The molecule has 140 valence electrons. The van der Waals surface area contributed by atoms with Crippen molar-refractivity contribution in [1.82, 2.24) is 4.90 Å². The summed E-state index contributed by atoms with van der Waals surface area (Å²) in [5.74, 6) is 0.789. The van der Waals surface area contributed by atoms with Crippen LogP contribution in [0, 0.1) is 11.8 Å². The third-order valence-electron chi connectivity index (χ3n) is 3.89. The first-order valence-corrected chi connectivity index (χ1v) is 8.37. The van der Waals surface area contributed by atoms with Crippen molar-refractivity contribution in [1.29, 1.82) is 0 Å². The van der Waals surface area contributed by atoms with Crippen molar-refractivity contribution in [2.24, 2.45) is 22.6 Å². The van der Waals surface area contributed by atoms with E-state index in [0.717, 1.165) is 26.1 Å². The SMILES string of the molecule is CC(C)CN1CCC(CN=C(N)Nc2ccccc2OC(F)(F)F)C1. The summed E-state index contributed by atoms with van der Waals surface area (Å²) < 4.78 is 41.2. The molecule has 1 unspecified atom stereocenters. The molecule has 0 aliphatic carbocycles. The maximum Gasteiger partial charge on any atom is 0.573 e. The second kappa shape index (κ2) is 8.42. The lowest BCUT2D eigenvalue weighted by Gasteiger charge is -2.17. The quantitative estimate of drug-likeness (QED) is 0.605. The molecular weight excluding hydrogens is 333 g/mol. The van der Waals surface area contributed by atoms with Crippen molar-refractivity contribution >= 4 is 11.6 Å². The van der Waals surface area contributed by atoms with Crippen LogP contribution in [0.5, 0.6) is 5.75 Å². The Morgan fingerprint density at radius 1 is 1.40 bits per heavy atom. The zero-order chi connectivity index (χ0) is 18.4. The number of likely N-dealkylation sites (tertiary alicyclic amines) is 1. The topological polar surface area (TPSA) is 62.9 Å². The Morgan fingerprint density at radius 2 is 2.12 bits per heavy atom. The highest BCUT2D eigenvalue weighted by Crippen LogP contribution is 2.29. The normalized spacial score (nSPS) is 19.4. The number of anilines is 1. The lowest BCUT2D eigenvalue weighted by Crippen LogP contribution is -2.27. The number of nitrogens with two attached hydrogens (primary N) is 1. The molecule has 1 saturated heterocycles. The van der Waals surface area contributed by atoms with Crippen molar-refractivity contribution < 1.29 is 17.9 Å². The van der Waals surface area contributed by atoms with Crippen LogP contribution in [0.15, 0.2) is 29.3 Å². The Morgan fingerprint density at radius 3 is 2.80 bits per heavy atom. The van der Waals surface area contributed by atoms with Crippen LogP contribution >= 0.6 is 0 Å². The first-order chi connectivity index (χ1) is 11.7. The van der Waals surface area contributed by atoms with Gasteiger partial charge in [0.05, 0.1) is 5.69 Å². The summed E-state index contributed by atoms with van der Waals surface area (Å²) in [5.41, 5.74) is 5.95. The minimum absolute atomic E-state index is 0.0838. The van der Waals surface area contributed by atoms with Gasteiger partial charge < -0.3 is 20.7 Å². The number of nitrogens with one attached hydrogen (secondary N) is 1. The second-order valence-corrected chi connectivity index (χ2v) is 6.70. The maximum absolute atomic E-state index is 12.4. The number of nitrogens with zero attached hydrogens (tertiary/aromatic N) is 2. The molecule has 1 aromatic rings. The number of halogens is 3. The Hall–Kier alpha value is -1.96. The van der Waals surface area contributed by atoms with Gasteiger partial charge in [0, 0.05) is 19.6 Å². The van der Waals surface area contributed by atoms with Gasteiger partial charge in [-0.3, -0.25) is 4.99 Å². The highest BCUT2D eigenvalue weighted by atomic mass is 19.4. The van der Waals surface area contributed by atoms with Crippen molar-refractivity contribution in [3.63, 3.8) is 0 Å². The number of hydrogen-bond acceptors (Lipinski definition) is 3. The summed E-state index contributed by atoms with van der Waals surface area (Å²) in [6, 6.07) is 5.74. The van der Waals surface area contributed by atoms with E-state index in [1.54, 1.807) is 6.07 Å². The van der Waals surface area contributed by atoms with Crippen LogP contribution in [0.3, 0.4) is 0 Å². The summed E-state index contributed by atoms with van der Waals surface area (Å²) in [7, 11) is 0. The number of guanidine groups is 1. The maximum atomic E-state index is 12.4. The van der Waals surface area contributed by atoms with E-state index in [4.69, 9.17) is 5.73 Å². The van der Waals surface area contributed by atoms with Crippen molar-refractivity contribution in [2.75, 3.05) is 31.5 Å².